The predicted molar refractivity (Wildman–Crippen MR) is 83.8 cm³/mol. The molecule has 1 unspecified atom stereocenters. The quantitative estimate of drug-likeness (QED) is 0.858. The smallest absolute Gasteiger partial charge is 0.211 e. The number of hydrogen-bond donors (Lipinski definition) is 1. The first kappa shape index (κ1) is 16.3. The summed E-state index contributed by atoms with van der Waals surface area (Å²) >= 11 is 0. The van der Waals surface area contributed by atoms with Gasteiger partial charge in [0, 0.05) is 19.0 Å². The summed E-state index contributed by atoms with van der Waals surface area (Å²) < 4.78 is 30.7. The number of nitrogens with two attached hydrogens (primary N) is 1. The summed E-state index contributed by atoms with van der Waals surface area (Å²) in [6.45, 7) is 2.32. The van der Waals surface area contributed by atoms with Crippen molar-refractivity contribution >= 4 is 10.0 Å². The maximum atomic E-state index is 11.6. The van der Waals surface area contributed by atoms with E-state index in [4.69, 9.17) is 10.5 Å². The first-order valence-electron chi connectivity index (χ1n) is 7.36. The molecule has 0 radical (unpaired) electrons. The molecule has 1 saturated heterocycles. The van der Waals surface area contributed by atoms with E-state index < -0.39 is 10.0 Å². The van der Waals surface area contributed by atoms with Gasteiger partial charge in [-0.05, 0) is 37.4 Å². The second kappa shape index (κ2) is 7.24. The molecule has 1 aromatic rings. The molecular weight excluding hydrogens is 288 g/mol. The van der Waals surface area contributed by atoms with Gasteiger partial charge < -0.3 is 10.5 Å². The molecular formula is C15H24N2O3S. The van der Waals surface area contributed by atoms with Crippen molar-refractivity contribution in [2.75, 3.05) is 32.5 Å². The van der Waals surface area contributed by atoms with Crippen LogP contribution < -0.4 is 10.5 Å². The third kappa shape index (κ3) is 4.69. The van der Waals surface area contributed by atoms with E-state index in [1.54, 1.807) is 4.31 Å². The molecule has 1 fully saturated rings. The largest absolute Gasteiger partial charge is 0.493 e. The molecule has 1 aliphatic heterocycles. The Hall–Kier alpha value is -1.11. The molecule has 5 nitrogen and oxygen atoms in total. The zero-order valence-corrected chi connectivity index (χ0v) is 13.3. The average molecular weight is 312 g/mol. The molecule has 1 atom stereocenters. The Bertz CT molecular complexity index is 560. The highest BCUT2D eigenvalue weighted by atomic mass is 32.2. The second-order valence-corrected chi connectivity index (χ2v) is 7.57. The number of nitrogens with zero attached hydrogens (tertiary/aromatic N) is 1. The fourth-order valence-corrected chi connectivity index (χ4v) is 3.62. The van der Waals surface area contributed by atoms with Crippen molar-refractivity contribution in [2.24, 2.45) is 11.7 Å². The van der Waals surface area contributed by atoms with Crippen molar-refractivity contribution in [3.05, 3.63) is 29.8 Å². The minimum Gasteiger partial charge on any atom is -0.493 e. The molecule has 21 heavy (non-hydrogen) atoms. The van der Waals surface area contributed by atoms with E-state index >= 15 is 0 Å². The molecule has 1 aliphatic rings. The van der Waals surface area contributed by atoms with Gasteiger partial charge in [0.15, 0.2) is 0 Å². The molecule has 0 spiro atoms. The van der Waals surface area contributed by atoms with Crippen molar-refractivity contribution in [1.29, 1.82) is 0 Å². The lowest BCUT2D eigenvalue weighted by atomic mass is 10.0. The van der Waals surface area contributed by atoms with Crippen LogP contribution in [0.3, 0.4) is 0 Å². The minimum absolute atomic E-state index is 0.249. The third-order valence-corrected chi connectivity index (χ3v) is 5.08. The molecule has 2 N–H and O–H groups in total. The topological polar surface area (TPSA) is 72.6 Å². The molecule has 0 amide bonds. The van der Waals surface area contributed by atoms with E-state index in [-0.39, 0.29) is 5.92 Å². The van der Waals surface area contributed by atoms with Crippen LogP contribution in [0.4, 0.5) is 0 Å². The first-order chi connectivity index (χ1) is 10.0. The number of rotatable bonds is 6. The Morgan fingerprint density at radius 1 is 1.38 bits per heavy atom. The van der Waals surface area contributed by atoms with Gasteiger partial charge in [0.25, 0.3) is 0 Å². The van der Waals surface area contributed by atoms with Gasteiger partial charge in [-0.15, -0.1) is 0 Å². The molecule has 0 aromatic heterocycles. The highest BCUT2D eigenvalue weighted by molar-refractivity contribution is 7.88. The van der Waals surface area contributed by atoms with Gasteiger partial charge in [-0.25, -0.2) is 12.7 Å². The Kier molecular flexibility index (Phi) is 5.61. The van der Waals surface area contributed by atoms with E-state index in [1.807, 2.05) is 24.3 Å². The van der Waals surface area contributed by atoms with Crippen LogP contribution in [0.1, 0.15) is 18.4 Å². The average Bonchev–Trinajstić information content (AvgIpc) is 2.46. The second-order valence-electron chi connectivity index (χ2n) is 5.59. The summed E-state index contributed by atoms with van der Waals surface area (Å²) in [5.74, 6) is 1.11. The summed E-state index contributed by atoms with van der Waals surface area (Å²) in [5, 5.41) is 0. The third-order valence-electron chi connectivity index (χ3n) is 3.81. The van der Waals surface area contributed by atoms with Crippen molar-refractivity contribution in [1.82, 2.24) is 4.31 Å². The molecule has 6 heteroatoms. The maximum Gasteiger partial charge on any atom is 0.211 e. The number of piperidine rings is 1. The fraction of sp³-hybridized carbons (Fsp3) is 0.600. The Morgan fingerprint density at radius 2 is 2.14 bits per heavy atom. The summed E-state index contributed by atoms with van der Waals surface area (Å²) in [5.41, 5.74) is 6.71. The highest BCUT2D eigenvalue weighted by Gasteiger charge is 2.26. The standard InChI is InChI=1S/C15H24N2O3S/c1-21(18,19)17-10-4-5-13(11-17)12-20-15-7-3-2-6-14(15)8-9-16/h2-3,6-7,13H,4-5,8-12,16H2,1H3. The summed E-state index contributed by atoms with van der Waals surface area (Å²) in [4.78, 5) is 0. The van der Waals surface area contributed by atoms with Gasteiger partial charge in [0.2, 0.25) is 10.0 Å². The molecule has 1 aromatic carbocycles. The number of para-hydroxylation sites is 1. The Labute approximate surface area is 127 Å². The molecule has 2 rings (SSSR count). The lowest BCUT2D eigenvalue weighted by Gasteiger charge is -2.30. The van der Waals surface area contributed by atoms with E-state index in [9.17, 15) is 8.42 Å². The lowest BCUT2D eigenvalue weighted by Crippen LogP contribution is -2.41. The van der Waals surface area contributed by atoms with Crippen LogP contribution in [-0.4, -0.2) is 45.2 Å². The molecule has 0 aliphatic carbocycles. The summed E-state index contributed by atoms with van der Waals surface area (Å²) in [6.07, 6.45) is 3.96. The maximum absolute atomic E-state index is 11.6. The van der Waals surface area contributed by atoms with Crippen LogP contribution in [0.5, 0.6) is 5.75 Å². The van der Waals surface area contributed by atoms with Crippen molar-refractivity contribution in [2.45, 2.75) is 19.3 Å². The van der Waals surface area contributed by atoms with Gasteiger partial charge in [0.05, 0.1) is 12.9 Å². The van der Waals surface area contributed by atoms with Crippen LogP contribution >= 0.6 is 0 Å². The molecule has 1 heterocycles. The van der Waals surface area contributed by atoms with Crippen LogP contribution in [0.15, 0.2) is 24.3 Å². The van der Waals surface area contributed by atoms with Gasteiger partial charge in [-0.3, -0.25) is 0 Å². The van der Waals surface area contributed by atoms with Crippen LogP contribution in [0.25, 0.3) is 0 Å². The predicted octanol–water partition coefficient (Wildman–Crippen LogP) is 1.24. The van der Waals surface area contributed by atoms with Crippen molar-refractivity contribution in [3.8, 4) is 5.75 Å². The number of sulfonamides is 1. The Morgan fingerprint density at radius 3 is 2.86 bits per heavy atom. The van der Waals surface area contributed by atoms with E-state index in [0.717, 1.165) is 30.6 Å². The van der Waals surface area contributed by atoms with Gasteiger partial charge >= 0.3 is 0 Å². The molecule has 0 saturated carbocycles. The van der Waals surface area contributed by atoms with Crippen molar-refractivity contribution in [3.63, 3.8) is 0 Å². The van der Waals surface area contributed by atoms with E-state index in [1.165, 1.54) is 6.26 Å². The fourth-order valence-electron chi connectivity index (χ4n) is 2.68. The number of ether oxygens (including phenoxy) is 1. The Balaban J connectivity index is 1.94. The normalized spacial score (nSPS) is 20.4. The monoisotopic (exact) mass is 312 g/mol. The van der Waals surface area contributed by atoms with Gasteiger partial charge in [-0.2, -0.15) is 0 Å². The van der Waals surface area contributed by atoms with Gasteiger partial charge in [-0.1, -0.05) is 18.2 Å². The summed E-state index contributed by atoms with van der Waals surface area (Å²) in [7, 11) is -3.10. The minimum atomic E-state index is -3.10. The van der Waals surface area contributed by atoms with Crippen LogP contribution in [0, 0.1) is 5.92 Å². The number of hydrogen-bond acceptors (Lipinski definition) is 4. The van der Waals surface area contributed by atoms with Gasteiger partial charge in [0.1, 0.15) is 5.75 Å². The van der Waals surface area contributed by atoms with E-state index in [0.29, 0.717) is 26.2 Å². The SMILES string of the molecule is CS(=O)(=O)N1CCCC(COc2ccccc2CCN)C1. The zero-order valence-electron chi connectivity index (χ0n) is 12.5. The molecule has 0 bridgehead atoms. The highest BCUT2D eigenvalue weighted by Crippen LogP contribution is 2.23. The lowest BCUT2D eigenvalue weighted by molar-refractivity contribution is 0.180. The van der Waals surface area contributed by atoms with Crippen LogP contribution in [0.2, 0.25) is 0 Å². The van der Waals surface area contributed by atoms with Crippen LogP contribution in [-0.2, 0) is 16.4 Å². The number of benzene rings is 1. The van der Waals surface area contributed by atoms with Crippen molar-refractivity contribution < 1.29 is 13.2 Å². The summed E-state index contributed by atoms with van der Waals surface area (Å²) in [6, 6.07) is 7.89. The zero-order chi connectivity index (χ0) is 15.3. The molecule has 118 valence electrons. The first-order valence-corrected chi connectivity index (χ1v) is 9.21. The van der Waals surface area contributed by atoms with E-state index in [2.05, 4.69) is 0 Å².